The number of benzene rings is 1. The molecular formula is C12H12Cl2F2O2. The average Bonchev–Trinajstić information content (AvgIpc) is 2.19. The summed E-state index contributed by atoms with van der Waals surface area (Å²) < 4.78 is 27.9. The van der Waals surface area contributed by atoms with Gasteiger partial charge in [-0.15, -0.1) is 0 Å². The van der Waals surface area contributed by atoms with E-state index in [1.807, 2.05) is 0 Å². The minimum atomic E-state index is -3.20. The lowest BCUT2D eigenvalue weighted by atomic mass is 9.95. The Morgan fingerprint density at radius 2 is 2.06 bits per heavy atom. The van der Waals surface area contributed by atoms with Gasteiger partial charge in [0.15, 0.2) is 0 Å². The van der Waals surface area contributed by atoms with Crippen LogP contribution in [-0.2, 0) is 10.7 Å². The SMILES string of the molecule is CC(CC(=O)O)CC(F)(F)c1cc(Cl)ccc1Cl. The molecule has 0 aromatic heterocycles. The molecule has 0 saturated heterocycles. The first-order valence-corrected chi connectivity index (χ1v) is 6.03. The molecule has 1 aromatic rings. The normalized spacial score (nSPS) is 13.4. The molecule has 18 heavy (non-hydrogen) atoms. The monoisotopic (exact) mass is 296 g/mol. The Hall–Kier alpha value is -0.870. The summed E-state index contributed by atoms with van der Waals surface area (Å²) in [5, 5.41) is 8.65. The van der Waals surface area contributed by atoms with Gasteiger partial charge in [-0.25, -0.2) is 8.78 Å². The Balaban J connectivity index is 2.91. The summed E-state index contributed by atoms with van der Waals surface area (Å²) in [6.45, 7) is 1.46. The molecular weight excluding hydrogens is 285 g/mol. The highest BCUT2D eigenvalue weighted by Crippen LogP contribution is 2.40. The molecule has 100 valence electrons. The van der Waals surface area contributed by atoms with Crippen LogP contribution >= 0.6 is 23.2 Å². The third-order valence-electron chi connectivity index (χ3n) is 2.45. The largest absolute Gasteiger partial charge is 0.481 e. The molecule has 1 rings (SSSR count). The summed E-state index contributed by atoms with van der Waals surface area (Å²) in [5.74, 6) is -4.96. The number of halogens is 4. The molecule has 0 amide bonds. The molecule has 0 radical (unpaired) electrons. The van der Waals surface area contributed by atoms with E-state index in [4.69, 9.17) is 28.3 Å². The highest BCUT2D eigenvalue weighted by Gasteiger charge is 2.36. The van der Waals surface area contributed by atoms with Gasteiger partial charge in [0.2, 0.25) is 0 Å². The lowest BCUT2D eigenvalue weighted by molar-refractivity contribution is -0.138. The Kier molecular flexibility index (Phi) is 4.93. The summed E-state index contributed by atoms with van der Waals surface area (Å²) in [4.78, 5) is 10.5. The number of carboxylic acids is 1. The van der Waals surface area contributed by atoms with Gasteiger partial charge in [0.25, 0.3) is 5.92 Å². The fourth-order valence-corrected chi connectivity index (χ4v) is 2.12. The van der Waals surface area contributed by atoms with Gasteiger partial charge in [-0.3, -0.25) is 4.79 Å². The van der Waals surface area contributed by atoms with Crippen LogP contribution in [0.1, 0.15) is 25.3 Å². The molecule has 1 unspecified atom stereocenters. The average molecular weight is 297 g/mol. The molecule has 1 N–H and O–H groups in total. The molecule has 0 saturated carbocycles. The van der Waals surface area contributed by atoms with Gasteiger partial charge >= 0.3 is 5.97 Å². The van der Waals surface area contributed by atoms with Crippen molar-refractivity contribution in [2.24, 2.45) is 5.92 Å². The lowest BCUT2D eigenvalue weighted by Gasteiger charge is -2.21. The van der Waals surface area contributed by atoms with Crippen molar-refractivity contribution < 1.29 is 18.7 Å². The summed E-state index contributed by atoms with van der Waals surface area (Å²) in [5.41, 5.74) is -0.367. The molecule has 0 fully saturated rings. The van der Waals surface area contributed by atoms with Gasteiger partial charge in [0, 0.05) is 28.5 Å². The number of carbonyl (C=O) groups is 1. The van der Waals surface area contributed by atoms with Gasteiger partial charge in [-0.05, 0) is 24.1 Å². The second-order valence-electron chi connectivity index (χ2n) is 4.24. The minimum Gasteiger partial charge on any atom is -0.481 e. The smallest absolute Gasteiger partial charge is 0.303 e. The topological polar surface area (TPSA) is 37.3 Å². The number of alkyl halides is 2. The van der Waals surface area contributed by atoms with Gasteiger partial charge in [-0.1, -0.05) is 30.1 Å². The standard InChI is InChI=1S/C12H12Cl2F2O2/c1-7(4-11(17)18)6-12(15,16)9-5-8(13)2-3-10(9)14/h2-3,5,7H,4,6H2,1H3,(H,17,18). The van der Waals surface area contributed by atoms with E-state index in [0.29, 0.717) is 0 Å². The number of carboxylic acid groups (broad SMARTS) is 1. The van der Waals surface area contributed by atoms with E-state index in [9.17, 15) is 13.6 Å². The van der Waals surface area contributed by atoms with E-state index in [0.717, 1.165) is 6.07 Å². The van der Waals surface area contributed by atoms with E-state index in [1.165, 1.54) is 19.1 Å². The van der Waals surface area contributed by atoms with Crippen molar-refractivity contribution in [1.82, 2.24) is 0 Å². The third kappa shape index (κ3) is 4.10. The van der Waals surface area contributed by atoms with Crippen LogP contribution in [0.2, 0.25) is 10.0 Å². The zero-order valence-electron chi connectivity index (χ0n) is 9.59. The van der Waals surface area contributed by atoms with Crippen molar-refractivity contribution in [3.8, 4) is 0 Å². The zero-order chi connectivity index (χ0) is 13.9. The van der Waals surface area contributed by atoms with Gasteiger partial charge in [-0.2, -0.15) is 0 Å². The molecule has 0 bridgehead atoms. The first kappa shape index (κ1) is 15.2. The first-order chi connectivity index (χ1) is 8.22. The molecule has 6 heteroatoms. The van der Waals surface area contributed by atoms with Crippen LogP contribution in [0.15, 0.2) is 18.2 Å². The third-order valence-corrected chi connectivity index (χ3v) is 3.02. The first-order valence-electron chi connectivity index (χ1n) is 5.27. The molecule has 0 aliphatic carbocycles. The van der Waals surface area contributed by atoms with Crippen molar-refractivity contribution in [3.05, 3.63) is 33.8 Å². The highest BCUT2D eigenvalue weighted by atomic mass is 35.5. The molecule has 0 aliphatic heterocycles. The van der Waals surface area contributed by atoms with Gasteiger partial charge in [0.05, 0.1) is 0 Å². The van der Waals surface area contributed by atoms with Crippen molar-refractivity contribution in [1.29, 1.82) is 0 Å². The zero-order valence-corrected chi connectivity index (χ0v) is 11.1. The predicted molar refractivity (Wildman–Crippen MR) is 66.4 cm³/mol. The van der Waals surface area contributed by atoms with Crippen LogP contribution in [0.25, 0.3) is 0 Å². The maximum Gasteiger partial charge on any atom is 0.303 e. The molecule has 0 heterocycles. The Labute approximate surface area is 114 Å². The second kappa shape index (κ2) is 5.85. The van der Waals surface area contributed by atoms with Crippen LogP contribution in [-0.4, -0.2) is 11.1 Å². The minimum absolute atomic E-state index is 0.0769. The number of aliphatic carboxylic acids is 1. The number of rotatable bonds is 5. The van der Waals surface area contributed by atoms with Crippen LogP contribution in [0, 0.1) is 5.92 Å². The summed E-state index contributed by atoms with van der Waals surface area (Å²) in [6.07, 6.45) is -0.896. The van der Waals surface area contributed by atoms with E-state index in [2.05, 4.69) is 0 Å². The fourth-order valence-electron chi connectivity index (χ4n) is 1.70. The highest BCUT2D eigenvalue weighted by molar-refractivity contribution is 6.33. The van der Waals surface area contributed by atoms with Crippen molar-refractivity contribution in [2.75, 3.05) is 0 Å². The Morgan fingerprint density at radius 3 is 2.61 bits per heavy atom. The lowest BCUT2D eigenvalue weighted by Crippen LogP contribution is -2.19. The predicted octanol–water partition coefficient (Wildman–Crippen LogP) is 4.59. The summed E-state index contributed by atoms with van der Waals surface area (Å²) in [6, 6.07) is 3.83. The second-order valence-corrected chi connectivity index (χ2v) is 5.08. The summed E-state index contributed by atoms with van der Waals surface area (Å²) >= 11 is 11.4. The maximum atomic E-state index is 14.0. The Morgan fingerprint density at radius 1 is 1.44 bits per heavy atom. The van der Waals surface area contributed by atoms with E-state index in [-0.39, 0.29) is 22.0 Å². The van der Waals surface area contributed by atoms with Crippen LogP contribution in [0.3, 0.4) is 0 Å². The number of hydrogen-bond acceptors (Lipinski definition) is 1. The van der Waals surface area contributed by atoms with Crippen LogP contribution in [0.5, 0.6) is 0 Å². The van der Waals surface area contributed by atoms with Crippen LogP contribution < -0.4 is 0 Å². The van der Waals surface area contributed by atoms with E-state index >= 15 is 0 Å². The summed E-state index contributed by atoms with van der Waals surface area (Å²) in [7, 11) is 0. The number of hydrogen-bond donors (Lipinski definition) is 1. The van der Waals surface area contributed by atoms with Crippen molar-refractivity contribution >= 4 is 29.2 Å². The molecule has 2 nitrogen and oxygen atoms in total. The molecule has 1 aromatic carbocycles. The van der Waals surface area contributed by atoms with Gasteiger partial charge in [0.1, 0.15) is 0 Å². The van der Waals surface area contributed by atoms with Crippen LogP contribution in [0.4, 0.5) is 8.78 Å². The van der Waals surface area contributed by atoms with Gasteiger partial charge < -0.3 is 5.11 Å². The van der Waals surface area contributed by atoms with Crippen molar-refractivity contribution in [2.45, 2.75) is 25.7 Å². The molecule has 1 atom stereocenters. The van der Waals surface area contributed by atoms with E-state index in [1.54, 1.807) is 0 Å². The fraction of sp³-hybridized carbons (Fsp3) is 0.417. The Bertz CT molecular complexity index is 450. The van der Waals surface area contributed by atoms with Crippen molar-refractivity contribution in [3.63, 3.8) is 0 Å². The molecule has 0 aliphatic rings. The molecule has 0 spiro atoms. The maximum absolute atomic E-state index is 14.0. The van der Waals surface area contributed by atoms with E-state index < -0.39 is 24.2 Å². The quantitative estimate of drug-likeness (QED) is 0.863.